The van der Waals surface area contributed by atoms with Gasteiger partial charge in [-0.2, -0.15) is 14.0 Å². The van der Waals surface area contributed by atoms with Crippen molar-refractivity contribution in [3.8, 4) is 11.8 Å². The maximum absolute atomic E-state index is 11.9. The Morgan fingerprint density at radius 1 is 1.43 bits per heavy atom. The van der Waals surface area contributed by atoms with Gasteiger partial charge in [0.1, 0.15) is 11.8 Å². The molecule has 14 heavy (non-hydrogen) atoms. The SMILES string of the molecule is C=[C]c1ccc(OC(F)F)c(C#N)c1. The Morgan fingerprint density at radius 3 is 2.64 bits per heavy atom. The van der Waals surface area contributed by atoms with E-state index in [-0.39, 0.29) is 11.3 Å². The largest absolute Gasteiger partial charge is 0.433 e. The van der Waals surface area contributed by atoms with Gasteiger partial charge in [-0.15, -0.1) is 0 Å². The minimum absolute atomic E-state index is 0.0407. The van der Waals surface area contributed by atoms with Crippen LogP contribution in [-0.2, 0) is 0 Å². The molecule has 0 atom stereocenters. The maximum atomic E-state index is 11.9. The van der Waals surface area contributed by atoms with E-state index < -0.39 is 6.61 Å². The summed E-state index contributed by atoms with van der Waals surface area (Å²) in [6.45, 7) is 0.444. The van der Waals surface area contributed by atoms with Gasteiger partial charge in [0.15, 0.2) is 0 Å². The molecule has 1 aromatic rings. The van der Waals surface area contributed by atoms with Crippen LogP contribution in [0.4, 0.5) is 8.78 Å². The van der Waals surface area contributed by atoms with Crippen LogP contribution in [-0.4, -0.2) is 6.61 Å². The summed E-state index contributed by atoms with van der Waals surface area (Å²) in [7, 11) is 0. The highest BCUT2D eigenvalue weighted by atomic mass is 19.3. The predicted octanol–water partition coefficient (Wildman–Crippen LogP) is 2.50. The van der Waals surface area contributed by atoms with E-state index in [1.54, 1.807) is 6.07 Å². The summed E-state index contributed by atoms with van der Waals surface area (Å²) in [6.07, 6.45) is 2.54. The van der Waals surface area contributed by atoms with Crippen molar-refractivity contribution in [2.45, 2.75) is 6.61 Å². The molecule has 0 spiro atoms. The van der Waals surface area contributed by atoms with E-state index in [9.17, 15) is 8.78 Å². The van der Waals surface area contributed by atoms with Crippen molar-refractivity contribution in [1.29, 1.82) is 5.26 Å². The maximum Gasteiger partial charge on any atom is 0.387 e. The minimum atomic E-state index is -2.93. The van der Waals surface area contributed by atoms with Crippen LogP contribution in [0.25, 0.3) is 0 Å². The Morgan fingerprint density at radius 2 is 2.14 bits per heavy atom. The molecule has 0 aromatic heterocycles. The lowest BCUT2D eigenvalue weighted by molar-refractivity contribution is -0.0500. The van der Waals surface area contributed by atoms with Crippen LogP contribution in [0, 0.1) is 17.4 Å². The molecule has 0 heterocycles. The molecule has 0 saturated heterocycles. The highest BCUT2D eigenvalue weighted by Gasteiger charge is 2.09. The first-order valence-corrected chi connectivity index (χ1v) is 3.69. The van der Waals surface area contributed by atoms with Crippen molar-refractivity contribution < 1.29 is 13.5 Å². The van der Waals surface area contributed by atoms with Gasteiger partial charge in [-0.25, -0.2) is 0 Å². The van der Waals surface area contributed by atoms with Gasteiger partial charge in [0, 0.05) is 0 Å². The molecule has 4 heteroatoms. The highest BCUT2D eigenvalue weighted by molar-refractivity contribution is 5.46. The molecule has 2 nitrogen and oxygen atoms in total. The third-order valence-electron chi connectivity index (χ3n) is 1.52. The van der Waals surface area contributed by atoms with Gasteiger partial charge in [-0.05, 0) is 23.8 Å². The fraction of sp³-hybridized carbons (Fsp3) is 0.100. The Balaban J connectivity index is 3.06. The van der Waals surface area contributed by atoms with E-state index in [1.165, 1.54) is 18.2 Å². The summed E-state index contributed by atoms with van der Waals surface area (Å²) < 4.78 is 27.9. The number of ether oxygens (including phenoxy) is 1. The van der Waals surface area contributed by atoms with Gasteiger partial charge in [0.05, 0.1) is 5.56 Å². The molecule has 0 unspecified atom stereocenters. The first-order chi connectivity index (χ1) is 6.67. The molecule has 71 valence electrons. The third-order valence-corrected chi connectivity index (χ3v) is 1.52. The van der Waals surface area contributed by atoms with Crippen LogP contribution in [0.5, 0.6) is 5.75 Å². The minimum Gasteiger partial charge on any atom is -0.433 e. The lowest BCUT2D eigenvalue weighted by atomic mass is 10.1. The van der Waals surface area contributed by atoms with E-state index in [2.05, 4.69) is 17.4 Å². The van der Waals surface area contributed by atoms with Crippen LogP contribution in [0.3, 0.4) is 0 Å². The lowest BCUT2D eigenvalue weighted by Crippen LogP contribution is -2.03. The van der Waals surface area contributed by atoms with Crippen molar-refractivity contribution in [2.75, 3.05) is 0 Å². The molecule has 0 saturated carbocycles. The average molecular weight is 194 g/mol. The second-order valence-electron chi connectivity index (χ2n) is 2.38. The van der Waals surface area contributed by atoms with Gasteiger partial charge in [-0.3, -0.25) is 0 Å². The molecule has 0 aliphatic rings. The normalized spacial score (nSPS) is 9.57. The molecular formula is C10H6F2NO. The molecule has 0 amide bonds. The van der Waals surface area contributed by atoms with E-state index in [0.717, 1.165) is 0 Å². The van der Waals surface area contributed by atoms with Crippen LogP contribution in [0.2, 0.25) is 0 Å². The monoisotopic (exact) mass is 194 g/mol. The van der Waals surface area contributed by atoms with Gasteiger partial charge >= 0.3 is 6.61 Å². The highest BCUT2D eigenvalue weighted by Crippen LogP contribution is 2.21. The summed E-state index contributed by atoms with van der Waals surface area (Å²) in [6, 6.07) is 5.91. The molecule has 0 N–H and O–H groups in total. The zero-order chi connectivity index (χ0) is 10.6. The third kappa shape index (κ3) is 2.30. The molecule has 1 rings (SSSR count). The molecule has 0 aliphatic carbocycles. The van der Waals surface area contributed by atoms with Crippen LogP contribution in [0.15, 0.2) is 24.8 Å². The second-order valence-corrected chi connectivity index (χ2v) is 2.38. The number of hydrogen-bond donors (Lipinski definition) is 0. The summed E-state index contributed by atoms with van der Waals surface area (Å²) >= 11 is 0. The quantitative estimate of drug-likeness (QED) is 0.740. The molecule has 1 aromatic carbocycles. The number of alkyl halides is 2. The Hall–Kier alpha value is -1.89. The fourth-order valence-electron chi connectivity index (χ4n) is 0.926. The van der Waals surface area contributed by atoms with Crippen LogP contribution in [0.1, 0.15) is 11.1 Å². The average Bonchev–Trinajstić information content (AvgIpc) is 2.17. The van der Waals surface area contributed by atoms with Crippen molar-refractivity contribution >= 4 is 0 Å². The second kappa shape index (κ2) is 4.38. The van der Waals surface area contributed by atoms with Gasteiger partial charge in [0.2, 0.25) is 0 Å². The van der Waals surface area contributed by atoms with Crippen molar-refractivity contribution in [1.82, 2.24) is 0 Å². The number of rotatable bonds is 3. The molecule has 1 radical (unpaired) electrons. The van der Waals surface area contributed by atoms with Crippen LogP contribution >= 0.6 is 0 Å². The first kappa shape index (κ1) is 10.2. The Bertz CT molecular complexity index is 382. The number of nitriles is 1. The summed E-state index contributed by atoms with van der Waals surface area (Å²) in [5.74, 6) is -0.137. The standard InChI is InChI=1S/C10H6F2NO/c1-2-7-3-4-9(14-10(11)12)8(5-7)6-13/h3-5,10H,1H2. The van der Waals surface area contributed by atoms with E-state index >= 15 is 0 Å². The Labute approximate surface area is 80.0 Å². The summed E-state index contributed by atoms with van der Waals surface area (Å²) in [4.78, 5) is 0. The lowest BCUT2D eigenvalue weighted by Gasteiger charge is -2.06. The van der Waals surface area contributed by atoms with Gasteiger partial charge in [0.25, 0.3) is 0 Å². The van der Waals surface area contributed by atoms with Gasteiger partial charge < -0.3 is 4.74 Å². The number of benzene rings is 1. The smallest absolute Gasteiger partial charge is 0.387 e. The number of halogens is 2. The summed E-state index contributed by atoms with van der Waals surface area (Å²) in [5, 5.41) is 8.63. The first-order valence-electron chi connectivity index (χ1n) is 3.69. The molecule has 0 bridgehead atoms. The summed E-state index contributed by atoms with van der Waals surface area (Å²) in [5.41, 5.74) is 0.599. The van der Waals surface area contributed by atoms with E-state index in [1.807, 2.05) is 0 Å². The fourth-order valence-corrected chi connectivity index (χ4v) is 0.926. The van der Waals surface area contributed by atoms with Crippen molar-refractivity contribution in [3.63, 3.8) is 0 Å². The number of hydrogen-bond acceptors (Lipinski definition) is 2. The zero-order valence-electron chi connectivity index (χ0n) is 7.13. The molecular weight excluding hydrogens is 188 g/mol. The topological polar surface area (TPSA) is 33.0 Å². The van der Waals surface area contributed by atoms with E-state index in [4.69, 9.17) is 5.26 Å². The number of nitrogens with zero attached hydrogens (tertiary/aromatic N) is 1. The van der Waals surface area contributed by atoms with Crippen molar-refractivity contribution in [3.05, 3.63) is 42.0 Å². The molecule has 0 fully saturated rings. The van der Waals surface area contributed by atoms with Gasteiger partial charge in [-0.1, -0.05) is 12.6 Å². The van der Waals surface area contributed by atoms with Crippen LogP contribution < -0.4 is 4.74 Å². The predicted molar refractivity (Wildman–Crippen MR) is 45.8 cm³/mol. The Kier molecular flexibility index (Phi) is 3.19. The zero-order valence-corrected chi connectivity index (χ0v) is 7.13. The van der Waals surface area contributed by atoms with E-state index in [0.29, 0.717) is 5.56 Å². The molecule has 0 aliphatic heterocycles. The van der Waals surface area contributed by atoms with Crippen molar-refractivity contribution in [2.24, 2.45) is 0 Å².